The molecule has 2 aromatic carbocycles. The number of benzene rings is 2. The highest BCUT2D eigenvalue weighted by atomic mass is 35.5. The first-order valence-electron chi connectivity index (χ1n) is 7.63. The molecule has 0 spiro atoms. The maximum Gasteiger partial charge on any atom is 0.338 e. The van der Waals surface area contributed by atoms with E-state index in [0.29, 0.717) is 17.2 Å². The summed E-state index contributed by atoms with van der Waals surface area (Å²) >= 11 is 5.80. The summed E-state index contributed by atoms with van der Waals surface area (Å²) in [7, 11) is 0. The van der Waals surface area contributed by atoms with Crippen molar-refractivity contribution in [1.82, 2.24) is 0 Å². The molecule has 0 N–H and O–H groups in total. The molecule has 1 heterocycles. The van der Waals surface area contributed by atoms with Gasteiger partial charge in [0.2, 0.25) is 0 Å². The Bertz CT molecular complexity index is 697. The van der Waals surface area contributed by atoms with Crippen LogP contribution in [0.25, 0.3) is 0 Å². The van der Waals surface area contributed by atoms with Crippen molar-refractivity contribution in [2.75, 3.05) is 6.61 Å². The number of halogens is 1. The molecule has 2 aromatic rings. The Balaban J connectivity index is 1.49. The number of rotatable bonds is 6. The van der Waals surface area contributed by atoms with Crippen LogP contribution in [0.15, 0.2) is 66.9 Å². The van der Waals surface area contributed by atoms with Crippen LogP contribution in [0.4, 0.5) is 0 Å². The van der Waals surface area contributed by atoms with Crippen molar-refractivity contribution in [2.45, 2.75) is 18.8 Å². The first-order valence-corrected chi connectivity index (χ1v) is 8.00. The van der Waals surface area contributed by atoms with Gasteiger partial charge in [-0.1, -0.05) is 41.9 Å². The lowest BCUT2D eigenvalue weighted by Crippen LogP contribution is -2.30. The molecule has 2 atom stereocenters. The Hall–Kier alpha value is -2.30. The van der Waals surface area contributed by atoms with Gasteiger partial charge >= 0.3 is 5.97 Å². The largest absolute Gasteiger partial charge is 0.492 e. The Morgan fingerprint density at radius 3 is 2.58 bits per heavy atom. The summed E-state index contributed by atoms with van der Waals surface area (Å²) in [6, 6.07) is 16.4. The van der Waals surface area contributed by atoms with Gasteiger partial charge in [0.1, 0.15) is 12.7 Å². The van der Waals surface area contributed by atoms with Crippen LogP contribution in [0.3, 0.4) is 0 Å². The SMILES string of the molecule is O=C(OC[C@@H]1OC=C[C@H]1OCc1ccccc1)c1ccc(Cl)cc1. The van der Waals surface area contributed by atoms with Gasteiger partial charge in [0.15, 0.2) is 6.10 Å². The predicted molar refractivity (Wildman–Crippen MR) is 90.8 cm³/mol. The van der Waals surface area contributed by atoms with Crippen LogP contribution < -0.4 is 0 Å². The number of esters is 1. The standard InChI is InChI=1S/C19H17ClO4/c20-16-8-6-15(7-9-16)19(21)24-13-18-17(10-11-22-18)23-12-14-4-2-1-3-5-14/h1-11,17-18H,12-13H2/t17-,18+/m1/s1. The molecule has 124 valence electrons. The monoisotopic (exact) mass is 344 g/mol. The van der Waals surface area contributed by atoms with Crippen molar-refractivity contribution in [3.8, 4) is 0 Å². The third-order valence-electron chi connectivity index (χ3n) is 3.63. The van der Waals surface area contributed by atoms with Gasteiger partial charge in [-0.25, -0.2) is 4.79 Å². The first-order chi connectivity index (χ1) is 11.7. The van der Waals surface area contributed by atoms with Gasteiger partial charge in [-0.15, -0.1) is 0 Å². The van der Waals surface area contributed by atoms with Crippen LogP contribution in [0.2, 0.25) is 5.02 Å². The number of hydrogen-bond donors (Lipinski definition) is 0. The molecular weight excluding hydrogens is 328 g/mol. The Kier molecular flexibility index (Phi) is 5.51. The highest BCUT2D eigenvalue weighted by molar-refractivity contribution is 6.30. The van der Waals surface area contributed by atoms with Crippen molar-refractivity contribution in [2.24, 2.45) is 0 Å². The summed E-state index contributed by atoms with van der Waals surface area (Å²) in [5.41, 5.74) is 1.53. The minimum Gasteiger partial charge on any atom is -0.492 e. The molecule has 1 aliphatic heterocycles. The first kappa shape index (κ1) is 16.6. The Labute approximate surface area is 145 Å². The highest BCUT2D eigenvalue weighted by Gasteiger charge is 2.27. The second-order valence-corrected chi connectivity index (χ2v) is 5.81. The van der Waals surface area contributed by atoms with Gasteiger partial charge in [0.05, 0.1) is 18.4 Å². The molecule has 0 aromatic heterocycles. The molecule has 0 saturated carbocycles. The summed E-state index contributed by atoms with van der Waals surface area (Å²) < 4.78 is 16.6. The van der Waals surface area contributed by atoms with Gasteiger partial charge < -0.3 is 14.2 Å². The molecule has 0 unspecified atom stereocenters. The number of carbonyl (C=O) groups is 1. The number of ether oxygens (including phenoxy) is 3. The van der Waals surface area contributed by atoms with Crippen LogP contribution in [0.5, 0.6) is 0 Å². The summed E-state index contributed by atoms with van der Waals surface area (Å²) in [5.74, 6) is -0.413. The van der Waals surface area contributed by atoms with E-state index in [9.17, 15) is 4.79 Å². The van der Waals surface area contributed by atoms with Gasteiger partial charge in [0.25, 0.3) is 0 Å². The lowest BCUT2D eigenvalue weighted by Gasteiger charge is -2.19. The lowest BCUT2D eigenvalue weighted by molar-refractivity contribution is -0.0362. The lowest BCUT2D eigenvalue weighted by atomic mass is 10.2. The molecule has 5 heteroatoms. The molecular formula is C19H17ClO4. The topological polar surface area (TPSA) is 44.8 Å². The Morgan fingerprint density at radius 2 is 1.83 bits per heavy atom. The van der Waals surface area contributed by atoms with Gasteiger partial charge in [-0.05, 0) is 35.9 Å². The van der Waals surface area contributed by atoms with E-state index in [1.807, 2.05) is 36.4 Å². The molecule has 4 nitrogen and oxygen atoms in total. The van der Waals surface area contributed by atoms with Crippen molar-refractivity contribution < 1.29 is 19.0 Å². The second kappa shape index (κ2) is 7.99. The van der Waals surface area contributed by atoms with E-state index in [-0.39, 0.29) is 18.8 Å². The minimum atomic E-state index is -0.413. The molecule has 1 aliphatic rings. The van der Waals surface area contributed by atoms with E-state index in [1.165, 1.54) is 0 Å². The average Bonchev–Trinajstić information content (AvgIpc) is 3.07. The summed E-state index contributed by atoms with van der Waals surface area (Å²) in [6.45, 7) is 0.592. The zero-order valence-electron chi connectivity index (χ0n) is 12.9. The maximum absolute atomic E-state index is 12.0. The predicted octanol–water partition coefficient (Wildman–Crippen LogP) is 3.99. The fraction of sp³-hybridized carbons (Fsp3) is 0.211. The molecule has 0 saturated heterocycles. The molecule has 24 heavy (non-hydrogen) atoms. The average molecular weight is 345 g/mol. The molecule has 0 bridgehead atoms. The molecule has 0 amide bonds. The van der Waals surface area contributed by atoms with Crippen LogP contribution in [0, 0.1) is 0 Å². The fourth-order valence-corrected chi connectivity index (χ4v) is 2.44. The fourth-order valence-electron chi connectivity index (χ4n) is 2.32. The van der Waals surface area contributed by atoms with E-state index in [1.54, 1.807) is 30.5 Å². The van der Waals surface area contributed by atoms with Gasteiger partial charge in [-0.2, -0.15) is 0 Å². The third-order valence-corrected chi connectivity index (χ3v) is 3.88. The minimum absolute atomic E-state index is 0.119. The highest BCUT2D eigenvalue weighted by Crippen LogP contribution is 2.17. The third kappa shape index (κ3) is 4.37. The van der Waals surface area contributed by atoms with E-state index in [2.05, 4.69) is 0 Å². The van der Waals surface area contributed by atoms with Crippen molar-refractivity contribution in [3.05, 3.63) is 83.1 Å². The molecule has 3 rings (SSSR count). The molecule has 0 aliphatic carbocycles. The normalized spacial score (nSPS) is 19.0. The zero-order valence-corrected chi connectivity index (χ0v) is 13.7. The van der Waals surface area contributed by atoms with Crippen molar-refractivity contribution >= 4 is 17.6 Å². The zero-order chi connectivity index (χ0) is 16.8. The van der Waals surface area contributed by atoms with Gasteiger partial charge in [0, 0.05) is 5.02 Å². The quantitative estimate of drug-likeness (QED) is 0.743. The van der Waals surface area contributed by atoms with Crippen molar-refractivity contribution in [1.29, 1.82) is 0 Å². The summed E-state index contributed by atoms with van der Waals surface area (Å²) in [6.07, 6.45) is 2.81. The smallest absolute Gasteiger partial charge is 0.338 e. The maximum atomic E-state index is 12.0. The van der Waals surface area contributed by atoms with E-state index < -0.39 is 5.97 Å². The number of carbonyl (C=O) groups excluding carboxylic acids is 1. The van der Waals surface area contributed by atoms with Crippen LogP contribution >= 0.6 is 11.6 Å². The van der Waals surface area contributed by atoms with Gasteiger partial charge in [-0.3, -0.25) is 0 Å². The number of hydrogen-bond acceptors (Lipinski definition) is 4. The summed E-state index contributed by atoms with van der Waals surface area (Å²) in [4.78, 5) is 12.0. The van der Waals surface area contributed by atoms with Crippen molar-refractivity contribution in [3.63, 3.8) is 0 Å². The van der Waals surface area contributed by atoms with Crippen LogP contribution in [-0.2, 0) is 20.8 Å². The molecule has 0 radical (unpaired) electrons. The summed E-state index contributed by atoms with van der Waals surface area (Å²) in [5, 5.41) is 0.573. The second-order valence-electron chi connectivity index (χ2n) is 5.37. The van der Waals surface area contributed by atoms with E-state index >= 15 is 0 Å². The van der Waals surface area contributed by atoms with E-state index in [0.717, 1.165) is 5.56 Å². The van der Waals surface area contributed by atoms with Crippen LogP contribution in [0.1, 0.15) is 15.9 Å². The molecule has 0 fully saturated rings. The Morgan fingerprint density at radius 1 is 1.08 bits per heavy atom. The van der Waals surface area contributed by atoms with E-state index in [4.69, 9.17) is 25.8 Å². The van der Waals surface area contributed by atoms with Crippen LogP contribution in [-0.4, -0.2) is 24.8 Å².